The summed E-state index contributed by atoms with van der Waals surface area (Å²) in [6, 6.07) is 9.87. The minimum atomic E-state index is -0.815. The monoisotopic (exact) mass is 431 g/mol. The van der Waals surface area contributed by atoms with E-state index in [0.29, 0.717) is 52.0 Å². The van der Waals surface area contributed by atoms with Gasteiger partial charge in [0, 0.05) is 31.7 Å². The lowest BCUT2D eigenvalue weighted by atomic mass is 9.85. The number of carboxylic acid groups (broad SMARTS) is 1. The first-order valence-corrected chi connectivity index (χ1v) is 10.9. The fourth-order valence-corrected chi connectivity index (χ4v) is 4.34. The zero-order chi connectivity index (χ0) is 22.6. The van der Waals surface area contributed by atoms with Gasteiger partial charge in [-0.25, -0.2) is 4.79 Å². The number of para-hydroxylation sites is 1. The normalized spacial score (nSPS) is 18.5. The molecule has 2 amide bonds. The van der Waals surface area contributed by atoms with Gasteiger partial charge in [-0.2, -0.15) is 0 Å². The van der Waals surface area contributed by atoms with Crippen LogP contribution >= 0.6 is 0 Å². The van der Waals surface area contributed by atoms with Crippen molar-refractivity contribution in [1.82, 2.24) is 9.80 Å². The minimum absolute atomic E-state index is 0.0653. The highest BCUT2D eigenvalue weighted by atomic mass is 16.6. The summed E-state index contributed by atoms with van der Waals surface area (Å²) in [5, 5.41) is 8.86. The number of carboxylic acids is 1. The molecule has 0 bridgehead atoms. The van der Waals surface area contributed by atoms with Crippen LogP contribution in [0.25, 0.3) is 0 Å². The summed E-state index contributed by atoms with van der Waals surface area (Å²) in [6.45, 7) is 7.45. The number of amides is 2. The summed E-state index contributed by atoms with van der Waals surface area (Å²) in [7, 11) is 0. The molecule has 2 aliphatic rings. The standard InChI is InChI=1S/C23H33N3O5/c1-22(2,3)31-21(30)24-15-12-23(13-16-24)20(29)25(14-8-7-11-19(27)28)17-26(23)18-9-5-4-6-10-18/h4-6,9-10H,7-8,11-17H2,1-3H3,(H,27,28). The van der Waals surface area contributed by atoms with Gasteiger partial charge in [0.25, 0.3) is 0 Å². The van der Waals surface area contributed by atoms with Crippen molar-refractivity contribution in [2.75, 3.05) is 31.2 Å². The average molecular weight is 432 g/mol. The number of piperidine rings is 1. The third kappa shape index (κ3) is 5.29. The van der Waals surface area contributed by atoms with Crippen molar-refractivity contribution < 1.29 is 24.2 Å². The number of hydrogen-bond donors (Lipinski definition) is 1. The maximum atomic E-state index is 13.5. The number of hydrogen-bond acceptors (Lipinski definition) is 5. The van der Waals surface area contributed by atoms with Gasteiger partial charge in [-0.05, 0) is 58.6 Å². The Labute approximate surface area is 183 Å². The molecule has 0 aromatic heterocycles. The maximum absolute atomic E-state index is 13.5. The highest BCUT2D eigenvalue weighted by Gasteiger charge is 2.54. The van der Waals surface area contributed by atoms with Crippen molar-refractivity contribution in [3.63, 3.8) is 0 Å². The van der Waals surface area contributed by atoms with Crippen molar-refractivity contribution in [1.29, 1.82) is 0 Å². The lowest BCUT2D eigenvalue weighted by Gasteiger charge is -2.43. The van der Waals surface area contributed by atoms with Crippen LogP contribution in [-0.4, -0.2) is 70.3 Å². The smallest absolute Gasteiger partial charge is 0.410 e. The van der Waals surface area contributed by atoms with Crippen molar-refractivity contribution >= 4 is 23.7 Å². The third-order valence-electron chi connectivity index (χ3n) is 5.89. The quantitative estimate of drug-likeness (QED) is 0.695. The third-order valence-corrected chi connectivity index (χ3v) is 5.89. The number of unbranched alkanes of at least 4 members (excludes halogenated alkanes) is 1. The zero-order valence-electron chi connectivity index (χ0n) is 18.7. The molecule has 0 unspecified atom stereocenters. The SMILES string of the molecule is CC(C)(C)OC(=O)N1CCC2(CC1)C(=O)N(CCCCC(=O)O)CN2c1ccccc1. The van der Waals surface area contributed by atoms with E-state index in [1.807, 2.05) is 56.0 Å². The Hall–Kier alpha value is -2.77. The number of aliphatic carboxylic acids is 1. The number of anilines is 1. The van der Waals surface area contributed by atoms with E-state index in [9.17, 15) is 14.4 Å². The predicted molar refractivity (Wildman–Crippen MR) is 117 cm³/mol. The molecule has 1 spiro atoms. The Kier molecular flexibility index (Phi) is 6.77. The summed E-state index contributed by atoms with van der Waals surface area (Å²) >= 11 is 0. The number of carbonyl (C=O) groups is 3. The van der Waals surface area contributed by atoms with E-state index in [-0.39, 0.29) is 18.4 Å². The Balaban J connectivity index is 1.73. The summed E-state index contributed by atoms with van der Waals surface area (Å²) in [5.41, 5.74) is -0.264. The molecule has 1 aromatic rings. The molecular weight excluding hydrogens is 398 g/mol. The van der Waals surface area contributed by atoms with Gasteiger partial charge in [0.2, 0.25) is 5.91 Å². The summed E-state index contributed by atoms with van der Waals surface area (Å²) in [5.74, 6) is -0.750. The molecule has 0 saturated carbocycles. The van der Waals surface area contributed by atoms with Crippen molar-refractivity contribution in [3.8, 4) is 0 Å². The lowest BCUT2D eigenvalue weighted by molar-refractivity contribution is -0.137. The molecule has 2 aliphatic heterocycles. The summed E-state index contributed by atoms with van der Waals surface area (Å²) in [4.78, 5) is 42.5. The molecule has 2 saturated heterocycles. The van der Waals surface area contributed by atoms with Gasteiger partial charge in [-0.1, -0.05) is 18.2 Å². The molecule has 0 atom stereocenters. The van der Waals surface area contributed by atoms with Gasteiger partial charge in [-0.3, -0.25) is 9.59 Å². The van der Waals surface area contributed by atoms with Crippen LogP contribution in [-0.2, 0) is 14.3 Å². The van der Waals surface area contributed by atoms with Crippen LogP contribution in [0.1, 0.15) is 52.9 Å². The topological polar surface area (TPSA) is 90.4 Å². The van der Waals surface area contributed by atoms with Crippen LogP contribution < -0.4 is 4.90 Å². The van der Waals surface area contributed by atoms with Gasteiger partial charge in [0.05, 0.1) is 6.67 Å². The van der Waals surface area contributed by atoms with Crippen LogP contribution in [0.2, 0.25) is 0 Å². The Morgan fingerprint density at radius 2 is 1.74 bits per heavy atom. The molecule has 31 heavy (non-hydrogen) atoms. The van der Waals surface area contributed by atoms with Crippen LogP contribution in [0, 0.1) is 0 Å². The first kappa shape index (κ1) is 22.9. The van der Waals surface area contributed by atoms with E-state index in [1.165, 1.54) is 0 Å². The summed E-state index contributed by atoms with van der Waals surface area (Å²) in [6.07, 6.45) is 2.03. The Morgan fingerprint density at radius 1 is 1.10 bits per heavy atom. The molecule has 1 N–H and O–H groups in total. The molecule has 8 heteroatoms. The van der Waals surface area contributed by atoms with Crippen molar-refractivity contribution in [3.05, 3.63) is 30.3 Å². The molecule has 0 radical (unpaired) electrons. The number of carbonyl (C=O) groups excluding carboxylic acids is 2. The Morgan fingerprint density at radius 3 is 2.32 bits per heavy atom. The molecular formula is C23H33N3O5. The van der Waals surface area contributed by atoms with Crippen LogP contribution in [0.4, 0.5) is 10.5 Å². The van der Waals surface area contributed by atoms with E-state index < -0.39 is 17.1 Å². The van der Waals surface area contributed by atoms with E-state index >= 15 is 0 Å². The molecule has 3 rings (SSSR count). The molecule has 0 aliphatic carbocycles. The van der Waals surface area contributed by atoms with Gasteiger partial charge in [0.15, 0.2) is 0 Å². The van der Waals surface area contributed by atoms with E-state index in [1.54, 1.807) is 4.90 Å². The van der Waals surface area contributed by atoms with Crippen LogP contribution in [0.15, 0.2) is 30.3 Å². The fourth-order valence-electron chi connectivity index (χ4n) is 4.34. The minimum Gasteiger partial charge on any atom is -0.481 e. The van der Waals surface area contributed by atoms with Crippen LogP contribution in [0.5, 0.6) is 0 Å². The van der Waals surface area contributed by atoms with Gasteiger partial charge >= 0.3 is 12.1 Å². The van der Waals surface area contributed by atoms with Crippen molar-refractivity contribution in [2.45, 2.75) is 64.0 Å². The van der Waals surface area contributed by atoms with E-state index in [0.717, 1.165) is 5.69 Å². The first-order chi connectivity index (χ1) is 14.6. The van der Waals surface area contributed by atoms with E-state index in [4.69, 9.17) is 9.84 Å². The molecule has 2 heterocycles. The Bertz CT molecular complexity index is 797. The number of nitrogens with zero attached hydrogens (tertiary/aromatic N) is 3. The second-order valence-corrected chi connectivity index (χ2v) is 9.32. The number of rotatable bonds is 6. The van der Waals surface area contributed by atoms with Crippen molar-refractivity contribution in [2.24, 2.45) is 0 Å². The number of ether oxygens (including phenoxy) is 1. The predicted octanol–water partition coefficient (Wildman–Crippen LogP) is 3.32. The highest BCUT2D eigenvalue weighted by molar-refractivity contribution is 5.93. The second kappa shape index (κ2) is 9.16. The average Bonchev–Trinajstić information content (AvgIpc) is 2.97. The number of benzene rings is 1. The molecule has 2 fully saturated rings. The van der Waals surface area contributed by atoms with Gasteiger partial charge in [-0.15, -0.1) is 0 Å². The molecule has 1 aromatic carbocycles. The highest BCUT2D eigenvalue weighted by Crippen LogP contribution is 2.39. The van der Waals surface area contributed by atoms with E-state index in [2.05, 4.69) is 4.90 Å². The fraction of sp³-hybridized carbons (Fsp3) is 0.609. The lowest BCUT2D eigenvalue weighted by Crippen LogP contribution is -2.57. The van der Waals surface area contributed by atoms with Gasteiger partial charge < -0.3 is 24.5 Å². The number of likely N-dealkylation sites (tertiary alicyclic amines) is 1. The molecule has 8 nitrogen and oxygen atoms in total. The maximum Gasteiger partial charge on any atom is 0.410 e. The summed E-state index contributed by atoms with van der Waals surface area (Å²) < 4.78 is 5.50. The van der Waals surface area contributed by atoms with Crippen LogP contribution in [0.3, 0.4) is 0 Å². The first-order valence-electron chi connectivity index (χ1n) is 10.9. The zero-order valence-corrected chi connectivity index (χ0v) is 18.7. The largest absolute Gasteiger partial charge is 0.481 e. The molecule has 170 valence electrons. The second-order valence-electron chi connectivity index (χ2n) is 9.32. The van der Waals surface area contributed by atoms with Gasteiger partial charge in [0.1, 0.15) is 11.1 Å².